The van der Waals surface area contributed by atoms with Crippen molar-refractivity contribution in [2.45, 2.75) is 76.3 Å². The molecule has 64 heavy (non-hydrogen) atoms. The van der Waals surface area contributed by atoms with Crippen molar-refractivity contribution in [3.63, 3.8) is 0 Å². The fraction of sp³-hybridized carbons (Fsp3) is 0.360. The summed E-state index contributed by atoms with van der Waals surface area (Å²) in [4.78, 5) is 58.3. The molecule has 2 saturated heterocycles. The number of amides is 4. The average molecular weight is 905 g/mol. The third kappa shape index (κ3) is 10.2. The summed E-state index contributed by atoms with van der Waals surface area (Å²) < 4.78 is 54.0. The highest BCUT2D eigenvalue weighted by molar-refractivity contribution is 7.55. The van der Waals surface area contributed by atoms with Gasteiger partial charge in [-0.15, -0.1) is 0 Å². The summed E-state index contributed by atoms with van der Waals surface area (Å²) >= 11 is 0. The number of rotatable bonds is 21. The summed E-state index contributed by atoms with van der Waals surface area (Å²) in [6, 6.07) is 37.3. The number of unbranched alkanes of at least 4 members (excludes halogenated alkanes) is 3. The molecule has 2 heterocycles. The number of likely N-dealkylation sites (tertiary alicyclic amines) is 2. The Balaban J connectivity index is 0.866. The van der Waals surface area contributed by atoms with Gasteiger partial charge in [0.1, 0.15) is 0 Å². The topological polar surface area (TPSA) is 146 Å². The van der Waals surface area contributed by atoms with E-state index in [0.29, 0.717) is 38.5 Å². The molecule has 4 aliphatic rings. The normalized spacial score (nSPS) is 23.2. The minimum Gasteiger partial charge on any atom is -0.303 e. The van der Waals surface area contributed by atoms with E-state index in [0.717, 1.165) is 22.3 Å². The van der Waals surface area contributed by atoms with Crippen LogP contribution in [-0.4, -0.2) is 57.8 Å². The maximum Gasteiger partial charge on any atom is 0.338 e. The van der Waals surface area contributed by atoms with Crippen molar-refractivity contribution in [1.82, 2.24) is 9.80 Å². The summed E-state index contributed by atoms with van der Waals surface area (Å²) in [5.41, 5.74) is 1.33. The molecule has 0 saturated carbocycles. The predicted octanol–water partition coefficient (Wildman–Crippen LogP) is 9.66. The fourth-order valence-electron chi connectivity index (χ4n) is 9.17. The van der Waals surface area contributed by atoms with Crippen LogP contribution in [0.5, 0.6) is 0 Å². The highest BCUT2D eigenvalue weighted by Gasteiger charge is 2.58. The summed E-state index contributed by atoms with van der Waals surface area (Å²) in [5.74, 6) is -4.46. The number of benzene rings is 4. The summed E-state index contributed by atoms with van der Waals surface area (Å²) in [6.07, 6.45) is 10.0. The van der Waals surface area contributed by atoms with Crippen LogP contribution in [0.15, 0.2) is 146 Å². The standard InChI is InChI=1S/C50H54N2O10P2/c53-47-41-27-17-29-43(63(57,59-33-37-19-7-3-8-20-37)60-34-38-21-9-4-10-22-38)45(41)49(55)51(47)31-15-1-2-16-32-52-48(54)42-28-18-30-44(46(42)50(52)56)64(58,61-35-39-23-11-5-12-24-39)62-36-40-25-13-6-14-26-40/h3-14,17-26,29-30,41-46H,1-2,15-16,27-28,31-36H2/t41-,42-,43+,44+,45-,46-/m0/s1. The van der Waals surface area contributed by atoms with E-state index in [9.17, 15) is 28.3 Å². The predicted molar refractivity (Wildman–Crippen MR) is 241 cm³/mol. The molecule has 0 spiro atoms. The van der Waals surface area contributed by atoms with Crippen LogP contribution in [0.3, 0.4) is 0 Å². The molecule has 12 nitrogen and oxygen atoms in total. The number of imide groups is 2. The lowest BCUT2D eigenvalue weighted by molar-refractivity contribution is -0.141. The molecule has 334 valence electrons. The van der Waals surface area contributed by atoms with Crippen LogP contribution >= 0.6 is 15.2 Å². The highest BCUT2D eigenvalue weighted by Crippen LogP contribution is 2.62. The minimum absolute atomic E-state index is 0.0149. The SMILES string of the molecule is O=C1[C@H]2[C@H](CC=C[C@H]2P(=O)(OCc2ccccc2)OCc2ccccc2)C(=O)N1CCCCCCN1C(=O)[C@H]2[C@H](CC=C[C@H]2P(=O)(OCc2ccccc2)OCc2ccccc2)C1=O. The molecule has 4 aromatic carbocycles. The van der Waals surface area contributed by atoms with Gasteiger partial charge in [-0.25, -0.2) is 0 Å². The van der Waals surface area contributed by atoms with Gasteiger partial charge in [-0.05, 0) is 47.9 Å². The lowest BCUT2D eigenvalue weighted by Gasteiger charge is -2.32. The third-order valence-corrected chi connectivity index (χ3v) is 17.0. The Kier molecular flexibility index (Phi) is 14.8. The smallest absolute Gasteiger partial charge is 0.303 e. The Labute approximate surface area is 374 Å². The Bertz CT molecular complexity index is 2150. The van der Waals surface area contributed by atoms with E-state index >= 15 is 0 Å². The number of fused-ring (bicyclic) bond motifs is 2. The first-order valence-electron chi connectivity index (χ1n) is 22.1. The van der Waals surface area contributed by atoms with E-state index in [1.54, 1.807) is 24.3 Å². The van der Waals surface area contributed by atoms with Gasteiger partial charge in [-0.3, -0.25) is 38.1 Å². The summed E-state index contributed by atoms with van der Waals surface area (Å²) in [7, 11) is -7.97. The first kappa shape index (κ1) is 45.5. The van der Waals surface area contributed by atoms with Crippen molar-refractivity contribution in [1.29, 1.82) is 0 Å². The average Bonchev–Trinajstić information content (AvgIpc) is 3.73. The molecule has 14 heteroatoms. The molecular weight excluding hydrogens is 851 g/mol. The van der Waals surface area contributed by atoms with Crippen LogP contribution in [0, 0.1) is 23.7 Å². The molecule has 0 bridgehead atoms. The molecule has 0 aromatic heterocycles. The van der Waals surface area contributed by atoms with Crippen LogP contribution < -0.4 is 0 Å². The second-order valence-corrected chi connectivity index (χ2v) is 21.1. The zero-order valence-corrected chi connectivity index (χ0v) is 37.5. The van der Waals surface area contributed by atoms with Gasteiger partial charge in [0, 0.05) is 13.1 Å². The monoisotopic (exact) mass is 904 g/mol. The van der Waals surface area contributed by atoms with E-state index in [1.165, 1.54) is 9.80 Å². The summed E-state index contributed by atoms with van der Waals surface area (Å²) in [5, 5.41) is 0. The molecular formula is C50H54N2O10P2. The van der Waals surface area contributed by atoms with Crippen molar-refractivity contribution in [2.24, 2.45) is 23.7 Å². The summed E-state index contributed by atoms with van der Waals surface area (Å²) in [6.45, 7) is 0.444. The molecule has 4 aromatic rings. The molecule has 0 N–H and O–H groups in total. The van der Waals surface area contributed by atoms with Gasteiger partial charge in [0.25, 0.3) is 0 Å². The fourth-order valence-corrected chi connectivity index (χ4v) is 13.4. The number of carbonyl (C=O) groups excluding carboxylic acids is 4. The lowest BCUT2D eigenvalue weighted by atomic mass is 9.85. The molecule has 8 rings (SSSR count). The van der Waals surface area contributed by atoms with Crippen molar-refractivity contribution in [2.75, 3.05) is 13.1 Å². The van der Waals surface area contributed by atoms with Gasteiger partial charge in [-0.2, -0.15) is 0 Å². The van der Waals surface area contributed by atoms with Gasteiger partial charge >= 0.3 is 15.2 Å². The van der Waals surface area contributed by atoms with Gasteiger partial charge in [0.2, 0.25) is 23.6 Å². The maximum atomic E-state index is 14.8. The Morgan fingerprint density at radius 3 is 1.02 bits per heavy atom. The van der Waals surface area contributed by atoms with Crippen molar-refractivity contribution in [3.8, 4) is 0 Å². The van der Waals surface area contributed by atoms with Gasteiger partial charge in [0.05, 0.1) is 61.4 Å². The quantitative estimate of drug-likeness (QED) is 0.0343. The Morgan fingerprint density at radius 1 is 0.422 bits per heavy atom. The maximum absolute atomic E-state index is 14.8. The van der Waals surface area contributed by atoms with Crippen molar-refractivity contribution >= 4 is 38.8 Å². The van der Waals surface area contributed by atoms with Gasteiger partial charge < -0.3 is 18.1 Å². The van der Waals surface area contributed by atoms with Crippen LogP contribution in [0.4, 0.5) is 0 Å². The van der Waals surface area contributed by atoms with Crippen molar-refractivity contribution in [3.05, 3.63) is 168 Å². The number of hydrogen-bond acceptors (Lipinski definition) is 10. The third-order valence-electron chi connectivity index (χ3n) is 12.6. The second kappa shape index (κ2) is 20.8. The Morgan fingerprint density at radius 2 is 0.719 bits per heavy atom. The highest BCUT2D eigenvalue weighted by atomic mass is 31.2. The van der Waals surface area contributed by atoms with Crippen molar-refractivity contribution < 1.29 is 46.4 Å². The first-order valence-corrected chi connectivity index (χ1v) is 25.3. The number of allylic oxidation sites excluding steroid dienone is 4. The number of hydrogen-bond donors (Lipinski definition) is 0. The van der Waals surface area contributed by atoms with Crippen LogP contribution in [0.25, 0.3) is 0 Å². The van der Waals surface area contributed by atoms with Crippen LogP contribution in [-0.2, 0) is 72.8 Å². The molecule has 6 atom stereocenters. The molecule has 2 aliphatic carbocycles. The van der Waals surface area contributed by atoms with Crippen LogP contribution in [0.1, 0.15) is 60.8 Å². The van der Waals surface area contributed by atoms with Gasteiger partial charge in [-0.1, -0.05) is 158 Å². The molecule has 4 amide bonds. The van der Waals surface area contributed by atoms with Gasteiger partial charge in [0.15, 0.2) is 0 Å². The Hall–Kier alpha value is -5.06. The second-order valence-electron chi connectivity index (χ2n) is 16.8. The van der Waals surface area contributed by atoms with Crippen LogP contribution in [0.2, 0.25) is 0 Å². The molecule has 2 fully saturated rings. The lowest BCUT2D eigenvalue weighted by Crippen LogP contribution is -2.35. The molecule has 2 aliphatic heterocycles. The number of nitrogens with zero attached hydrogens (tertiary/aromatic N) is 2. The number of carbonyl (C=O) groups is 4. The minimum atomic E-state index is -3.98. The zero-order chi connectivity index (χ0) is 44.5. The van der Waals surface area contributed by atoms with E-state index in [1.807, 2.05) is 121 Å². The first-order chi connectivity index (χ1) is 31.1. The van der Waals surface area contributed by atoms with E-state index in [4.69, 9.17) is 18.1 Å². The zero-order valence-electron chi connectivity index (χ0n) is 35.7. The van der Waals surface area contributed by atoms with E-state index in [-0.39, 0.29) is 63.1 Å². The van der Waals surface area contributed by atoms with E-state index in [2.05, 4.69) is 0 Å². The largest absolute Gasteiger partial charge is 0.338 e. The molecule has 0 radical (unpaired) electrons. The van der Waals surface area contributed by atoms with E-state index < -0.39 is 50.2 Å². The molecule has 0 unspecified atom stereocenters.